The first-order valence-electron chi connectivity index (χ1n) is 9.20. The molecule has 30 heavy (non-hydrogen) atoms. The van der Waals surface area contributed by atoms with Gasteiger partial charge in [0.25, 0.3) is 0 Å². The molecular formula is C24H14ClNO3S. The molecule has 0 radical (unpaired) electrons. The molecule has 3 heterocycles. The predicted molar refractivity (Wildman–Crippen MR) is 120 cm³/mol. The molecule has 3 aromatic heterocycles. The smallest absolute Gasteiger partial charge is 0.221 e. The van der Waals surface area contributed by atoms with Gasteiger partial charge in [0.1, 0.15) is 11.5 Å². The number of furan rings is 2. The molecule has 2 aromatic carbocycles. The Labute approximate surface area is 181 Å². The molecule has 0 bridgehead atoms. The zero-order chi connectivity index (χ0) is 20.5. The molecule has 5 rings (SSSR count). The highest BCUT2D eigenvalue weighted by molar-refractivity contribution is 7.21. The van der Waals surface area contributed by atoms with Crippen LogP contribution >= 0.6 is 22.9 Å². The minimum absolute atomic E-state index is 0.235. The normalized spacial score (nSPS) is 11.5. The summed E-state index contributed by atoms with van der Waals surface area (Å²) < 4.78 is 12.6. The van der Waals surface area contributed by atoms with Crippen LogP contribution in [0.25, 0.3) is 38.4 Å². The lowest BCUT2D eigenvalue weighted by atomic mass is 10.2. The van der Waals surface area contributed by atoms with E-state index in [2.05, 4.69) is 4.98 Å². The fraction of sp³-hybridized carbons (Fsp3) is 0. The van der Waals surface area contributed by atoms with Crippen LogP contribution in [0.2, 0.25) is 5.02 Å². The van der Waals surface area contributed by atoms with Crippen LogP contribution in [0.3, 0.4) is 0 Å². The molecule has 0 fully saturated rings. The summed E-state index contributed by atoms with van der Waals surface area (Å²) in [6, 6.07) is 22.3. The second kappa shape index (κ2) is 7.78. The number of para-hydroxylation sites is 1. The van der Waals surface area contributed by atoms with Crippen LogP contribution in [0.5, 0.6) is 0 Å². The Bertz CT molecular complexity index is 1360. The minimum atomic E-state index is -0.258. The van der Waals surface area contributed by atoms with Gasteiger partial charge in [-0.15, -0.1) is 11.3 Å². The number of halogens is 1. The van der Waals surface area contributed by atoms with E-state index in [0.717, 1.165) is 20.8 Å². The van der Waals surface area contributed by atoms with E-state index in [4.69, 9.17) is 20.4 Å². The molecule has 146 valence electrons. The van der Waals surface area contributed by atoms with Crippen molar-refractivity contribution in [3.05, 3.63) is 95.4 Å². The fourth-order valence-corrected chi connectivity index (χ4v) is 4.21. The third kappa shape index (κ3) is 3.61. The molecule has 0 aliphatic heterocycles. The van der Waals surface area contributed by atoms with Gasteiger partial charge >= 0.3 is 0 Å². The number of allylic oxidation sites excluding steroid dienone is 1. The molecule has 0 aliphatic carbocycles. The molecule has 0 atom stereocenters. The number of thiazole rings is 1. The van der Waals surface area contributed by atoms with Crippen LogP contribution in [0.1, 0.15) is 16.3 Å². The van der Waals surface area contributed by atoms with Crippen LogP contribution in [-0.4, -0.2) is 10.8 Å². The van der Waals surface area contributed by atoms with E-state index in [1.54, 1.807) is 35.6 Å². The van der Waals surface area contributed by atoms with E-state index in [-0.39, 0.29) is 11.5 Å². The summed E-state index contributed by atoms with van der Waals surface area (Å²) in [5.74, 6) is 1.76. The van der Waals surface area contributed by atoms with Gasteiger partial charge in [-0.05, 0) is 60.7 Å². The summed E-state index contributed by atoms with van der Waals surface area (Å²) in [6.07, 6.45) is 3.05. The lowest BCUT2D eigenvalue weighted by molar-refractivity contribution is 0.102. The molecule has 0 unspecified atom stereocenters. The summed E-state index contributed by atoms with van der Waals surface area (Å²) >= 11 is 7.76. The van der Waals surface area contributed by atoms with Gasteiger partial charge in [-0.1, -0.05) is 35.9 Å². The molecule has 0 saturated heterocycles. The Balaban J connectivity index is 1.33. The lowest BCUT2D eigenvalue weighted by Gasteiger charge is -1.99. The van der Waals surface area contributed by atoms with Crippen molar-refractivity contribution in [2.75, 3.05) is 0 Å². The number of ketones is 1. The van der Waals surface area contributed by atoms with Crippen molar-refractivity contribution in [1.29, 1.82) is 0 Å². The molecule has 0 N–H and O–H groups in total. The molecule has 4 nitrogen and oxygen atoms in total. The topological polar surface area (TPSA) is 56.2 Å². The summed E-state index contributed by atoms with van der Waals surface area (Å²) in [5, 5.41) is 1.37. The number of hydrogen-bond acceptors (Lipinski definition) is 5. The molecule has 6 heteroatoms. The zero-order valence-electron chi connectivity index (χ0n) is 15.5. The molecule has 0 saturated carbocycles. The van der Waals surface area contributed by atoms with Crippen LogP contribution in [0, 0.1) is 0 Å². The standard InChI is InChI=1S/C24H14ClNO3S/c25-17-6-2-1-5-16(17)20-13-14-21(29-20)19(27)11-9-15-10-12-22(28-15)24-26-18-7-3-4-8-23(18)30-24/h1-14H. The van der Waals surface area contributed by atoms with Gasteiger partial charge in [0, 0.05) is 5.56 Å². The zero-order valence-corrected chi connectivity index (χ0v) is 17.1. The van der Waals surface area contributed by atoms with Gasteiger partial charge in [-0.2, -0.15) is 0 Å². The van der Waals surface area contributed by atoms with E-state index in [1.807, 2.05) is 54.6 Å². The first-order chi connectivity index (χ1) is 14.7. The third-order valence-corrected chi connectivity index (χ3v) is 5.90. The minimum Gasteiger partial charge on any atom is -0.454 e. The number of benzene rings is 2. The first-order valence-corrected chi connectivity index (χ1v) is 10.4. The fourth-order valence-electron chi connectivity index (χ4n) is 3.05. The predicted octanol–water partition coefficient (Wildman–Crippen LogP) is 7.37. The van der Waals surface area contributed by atoms with Gasteiger partial charge < -0.3 is 8.83 Å². The number of hydrogen-bond donors (Lipinski definition) is 0. The number of fused-ring (bicyclic) bond motifs is 1. The number of aromatic nitrogens is 1. The largest absolute Gasteiger partial charge is 0.454 e. The van der Waals surface area contributed by atoms with Gasteiger partial charge in [0.05, 0.1) is 15.2 Å². The van der Waals surface area contributed by atoms with E-state index < -0.39 is 0 Å². The van der Waals surface area contributed by atoms with Gasteiger partial charge in [-0.3, -0.25) is 4.79 Å². The maximum Gasteiger partial charge on any atom is 0.221 e. The summed E-state index contributed by atoms with van der Waals surface area (Å²) in [6.45, 7) is 0. The summed E-state index contributed by atoms with van der Waals surface area (Å²) in [7, 11) is 0. The quantitative estimate of drug-likeness (QED) is 0.215. The Hall–Kier alpha value is -3.41. The van der Waals surface area contributed by atoms with Gasteiger partial charge in [0.2, 0.25) is 5.78 Å². The molecule has 0 aliphatic rings. The van der Waals surface area contributed by atoms with Crippen molar-refractivity contribution < 1.29 is 13.6 Å². The molecular weight excluding hydrogens is 418 g/mol. The van der Waals surface area contributed by atoms with Crippen molar-refractivity contribution in [2.24, 2.45) is 0 Å². The summed E-state index contributed by atoms with van der Waals surface area (Å²) in [4.78, 5) is 17.1. The number of rotatable bonds is 5. The van der Waals surface area contributed by atoms with Crippen LogP contribution in [-0.2, 0) is 0 Å². The maximum absolute atomic E-state index is 12.5. The average molecular weight is 432 g/mol. The average Bonchev–Trinajstić information content (AvgIpc) is 3.51. The first kappa shape index (κ1) is 18.6. The van der Waals surface area contributed by atoms with E-state index in [1.165, 1.54) is 6.08 Å². The van der Waals surface area contributed by atoms with Crippen LogP contribution < -0.4 is 0 Å². The second-order valence-electron chi connectivity index (χ2n) is 6.53. The Kier molecular flexibility index (Phi) is 4.83. The van der Waals surface area contributed by atoms with Crippen molar-refractivity contribution in [3.8, 4) is 22.1 Å². The van der Waals surface area contributed by atoms with E-state index in [9.17, 15) is 4.79 Å². The van der Waals surface area contributed by atoms with Gasteiger partial charge in [0.15, 0.2) is 16.5 Å². The van der Waals surface area contributed by atoms with E-state index >= 15 is 0 Å². The SMILES string of the molecule is O=C(C=Cc1ccc(-c2nc3ccccc3s2)o1)c1ccc(-c2ccccc2Cl)o1. The molecule has 0 amide bonds. The van der Waals surface area contributed by atoms with Crippen molar-refractivity contribution >= 4 is 45.0 Å². The van der Waals surface area contributed by atoms with Gasteiger partial charge in [-0.25, -0.2) is 4.98 Å². The third-order valence-electron chi connectivity index (χ3n) is 4.52. The highest BCUT2D eigenvalue weighted by atomic mass is 35.5. The molecule has 0 spiro atoms. The highest BCUT2D eigenvalue weighted by Crippen LogP contribution is 2.32. The Morgan fingerprint density at radius 1 is 0.900 bits per heavy atom. The summed E-state index contributed by atoms with van der Waals surface area (Å²) in [5.41, 5.74) is 1.68. The van der Waals surface area contributed by atoms with Crippen molar-refractivity contribution in [1.82, 2.24) is 4.98 Å². The molecule has 5 aromatic rings. The second-order valence-corrected chi connectivity index (χ2v) is 7.97. The maximum atomic E-state index is 12.5. The Morgan fingerprint density at radius 2 is 1.70 bits per heavy atom. The monoisotopic (exact) mass is 431 g/mol. The number of carbonyl (C=O) groups excluding carboxylic acids is 1. The van der Waals surface area contributed by atoms with Crippen LogP contribution in [0.15, 0.2) is 87.7 Å². The highest BCUT2D eigenvalue weighted by Gasteiger charge is 2.13. The van der Waals surface area contributed by atoms with Crippen molar-refractivity contribution in [3.63, 3.8) is 0 Å². The van der Waals surface area contributed by atoms with Crippen LogP contribution in [0.4, 0.5) is 0 Å². The number of nitrogens with zero attached hydrogens (tertiary/aromatic N) is 1. The number of carbonyl (C=O) groups is 1. The Morgan fingerprint density at radius 3 is 2.57 bits per heavy atom. The van der Waals surface area contributed by atoms with Crippen molar-refractivity contribution in [2.45, 2.75) is 0 Å². The van der Waals surface area contributed by atoms with E-state index in [0.29, 0.717) is 22.3 Å². The lowest BCUT2D eigenvalue weighted by Crippen LogP contribution is -1.90.